The molecule has 1 atom stereocenters. The van der Waals surface area contributed by atoms with Gasteiger partial charge in [0.15, 0.2) is 0 Å². The molecule has 1 aliphatic rings. The van der Waals surface area contributed by atoms with E-state index >= 15 is 0 Å². The number of hydrogen-bond acceptors (Lipinski definition) is 2. The van der Waals surface area contributed by atoms with Gasteiger partial charge in [0.2, 0.25) is 5.91 Å². The Bertz CT molecular complexity index is 350. The Kier molecular flexibility index (Phi) is 2.62. The van der Waals surface area contributed by atoms with Crippen LogP contribution in [0.15, 0.2) is 30.3 Å². The third kappa shape index (κ3) is 1.82. The Morgan fingerprint density at radius 1 is 1.33 bits per heavy atom. The molecule has 3 heteroatoms. The van der Waals surface area contributed by atoms with E-state index in [1.165, 1.54) is 0 Å². The van der Waals surface area contributed by atoms with Crippen molar-refractivity contribution in [2.75, 3.05) is 19.0 Å². The minimum absolute atomic E-state index is 0.208. The number of carbonyl (C=O) groups is 1. The van der Waals surface area contributed by atoms with Gasteiger partial charge in [-0.2, -0.15) is 0 Å². The van der Waals surface area contributed by atoms with Crippen molar-refractivity contribution in [1.82, 2.24) is 4.90 Å². The van der Waals surface area contributed by atoms with Crippen LogP contribution in [-0.4, -0.2) is 31.1 Å². The number of para-hydroxylation sites is 1. The van der Waals surface area contributed by atoms with Crippen LogP contribution < -0.4 is 4.90 Å². The SMILES string of the molecule is CN1C(=O)CCC1N(C)c1ccccc1. The predicted octanol–water partition coefficient (Wildman–Crippen LogP) is 1.70. The van der Waals surface area contributed by atoms with Crippen LogP contribution in [0.1, 0.15) is 12.8 Å². The lowest BCUT2D eigenvalue weighted by Crippen LogP contribution is -2.41. The molecule has 1 aromatic rings. The molecule has 0 spiro atoms. The number of hydrogen-bond donors (Lipinski definition) is 0. The maximum absolute atomic E-state index is 11.4. The molecule has 15 heavy (non-hydrogen) atoms. The topological polar surface area (TPSA) is 23.6 Å². The molecule has 0 saturated carbocycles. The first-order valence-corrected chi connectivity index (χ1v) is 5.23. The second kappa shape index (κ2) is 3.93. The summed E-state index contributed by atoms with van der Waals surface area (Å²) in [6.07, 6.45) is 1.79. The maximum atomic E-state index is 11.4. The third-order valence-corrected chi connectivity index (χ3v) is 3.07. The van der Waals surface area contributed by atoms with Crippen molar-refractivity contribution < 1.29 is 4.79 Å². The van der Waals surface area contributed by atoms with Gasteiger partial charge >= 0.3 is 0 Å². The van der Waals surface area contributed by atoms with E-state index < -0.39 is 0 Å². The molecule has 1 aromatic carbocycles. The summed E-state index contributed by atoms with van der Waals surface area (Å²) < 4.78 is 0. The van der Waals surface area contributed by atoms with E-state index in [2.05, 4.69) is 17.0 Å². The first kappa shape index (κ1) is 10.0. The Hall–Kier alpha value is -1.51. The number of carbonyl (C=O) groups excluding carboxylic acids is 1. The molecule has 0 bridgehead atoms. The molecule has 1 amide bonds. The highest BCUT2D eigenvalue weighted by Gasteiger charge is 2.30. The fraction of sp³-hybridized carbons (Fsp3) is 0.417. The highest BCUT2D eigenvalue weighted by molar-refractivity contribution is 5.79. The minimum Gasteiger partial charge on any atom is -0.354 e. The number of likely N-dealkylation sites (tertiary alicyclic amines) is 1. The second-order valence-corrected chi connectivity index (χ2v) is 3.97. The first-order chi connectivity index (χ1) is 7.20. The highest BCUT2D eigenvalue weighted by atomic mass is 16.2. The zero-order chi connectivity index (χ0) is 10.8. The van der Waals surface area contributed by atoms with E-state index in [-0.39, 0.29) is 12.1 Å². The summed E-state index contributed by atoms with van der Waals surface area (Å²) in [5.74, 6) is 0.239. The summed E-state index contributed by atoms with van der Waals surface area (Å²) in [7, 11) is 3.91. The number of amides is 1. The van der Waals surface area contributed by atoms with Crippen molar-refractivity contribution in [2.45, 2.75) is 19.0 Å². The second-order valence-electron chi connectivity index (χ2n) is 3.97. The van der Waals surface area contributed by atoms with Crippen LogP contribution in [0.5, 0.6) is 0 Å². The summed E-state index contributed by atoms with van der Waals surface area (Å²) in [6, 6.07) is 10.2. The Labute approximate surface area is 90.3 Å². The van der Waals surface area contributed by atoms with Crippen LogP contribution in [0.25, 0.3) is 0 Å². The number of rotatable bonds is 2. The first-order valence-electron chi connectivity index (χ1n) is 5.23. The van der Waals surface area contributed by atoms with Crippen LogP contribution in [0.4, 0.5) is 5.69 Å². The molecule has 80 valence electrons. The van der Waals surface area contributed by atoms with Crippen molar-refractivity contribution in [1.29, 1.82) is 0 Å². The molecule has 1 saturated heterocycles. The molecule has 1 fully saturated rings. The van der Waals surface area contributed by atoms with Crippen molar-refractivity contribution in [2.24, 2.45) is 0 Å². The predicted molar refractivity (Wildman–Crippen MR) is 60.6 cm³/mol. The van der Waals surface area contributed by atoms with Gasteiger partial charge in [-0.1, -0.05) is 18.2 Å². The van der Waals surface area contributed by atoms with Crippen molar-refractivity contribution >= 4 is 11.6 Å². The summed E-state index contributed by atoms with van der Waals surface area (Å²) in [6.45, 7) is 0. The molecule has 1 aliphatic heterocycles. The standard InChI is InChI=1S/C12H16N2O/c1-13(10-6-4-3-5-7-10)11-8-9-12(15)14(11)2/h3-7,11H,8-9H2,1-2H3. The Morgan fingerprint density at radius 2 is 2.00 bits per heavy atom. The van der Waals surface area contributed by atoms with Crippen molar-refractivity contribution in [3.8, 4) is 0 Å². The van der Waals surface area contributed by atoms with Crippen LogP contribution >= 0.6 is 0 Å². The van der Waals surface area contributed by atoms with E-state index in [9.17, 15) is 4.79 Å². The van der Waals surface area contributed by atoms with E-state index in [1.807, 2.05) is 37.2 Å². The van der Waals surface area contributed by atoms with Gasteiger partial charge in [-0.25, -0.2) is 0 Å². The average Bonchev–Trinajstić information content (AvgIpc) is 2.60. The zero-order valence-electron chi connectivity index (χ0n) is 9.18. The van der Waals surface area contributed by atoms with Crippen LogP contribution in [0, 0.1) is 0 Å². The van der Waals surface area contributed by atoms with Gasteiger partial charge in [-0.15, -0.1) is 0 Å². The fourth-order valence-corrected chi connectivity index (χ4v) is 2.08. The highest BCUT2D eigenvalue weighted by Crippen LogP contribution is 2.23. The molecule has 2 rings (SSSR count). The van der Waals surface area contributed by atoms with Crippen LogP contribution in [0.2, 0.25) is 0 Å². The number of anilines is 1. The summed E-state index contributed by atoms with van der Waals surface area (Å²) in [5.41, 5.74) is 1.16. The fourth-order valence-electron chi connectivity index (χ4n) is 2.08. The van der Waals surface area contributed by atoms with Gasteiger partial charge < -0.3 is 9.80 Å². The van der Waals surface area contributed by atoms with Crippen LogP contribution in [0.3, 0.4) is 0 Å². The van der Waals surface area contributed by atoms with Gasteiger partial charge in [0, 0.05) is 26.2 Å². The molecular formula is C12H16N2O. The molecule has 0 aliphatic carbocycles. The lowest BCUT2D eigenvalue weighted by molar-refractivity contribution is -0.127. The largest absolute Gasteiger partial charge is 0.354 e. The Morgan fingerprint density at radius 3 is 2.53 bits per heavy atom. The number of nitrogens with zero attached hydrogens (tertiary/aromatic N) is 2. The molecule has 0 radical (unpaired) electrons. The van der Waals surface area contributed by atoms with Crippen molar-refractivity contribution in [3.63, 3.8) is 0 Å². The van der Waals surface area contributed by atoms with E-state index in [0.717, 1.165) is 12.1 Å². The minimum atomic E-state index is 0.208. The normalized spacial score (nSPS) is 20.8. The van der Waals surface area contributed by atoms with Gasteiger partial charge in [0.1, 0.15) is 6.17 Å². The van der Waals surface area contributed by atoms with E-state index in [4.69, 9.17) is 0 Å². The summed E-state index contributed by atoms with van der Waals surface area (Å²) in [5, 5.41) is 0. The summed E-state index contributed by atoms with van der Waals surface area (Å²) in [4.78, 5) is 15.4. The molecule has 3 nitrogen and oxygen atoms in total. The molecular weight excluding hydrogens is 188 g/mol. The van der Waals surface area contributed by atoms with Gasteiger partial charge in [0.05, 0.1) is 0 Å². The molecule has 0 N–H and O–H groups in total. The zero-order valence-corrected chi connectivity index (χ0v) is 9.18. The van der Waals surface area contributed by atoms with Crippen molar-refractivity contribution in [3.05, 3.63) is 30.3 Å². The van der Waals surface area contributed by atoms with Crippen LogP contribution in [-0.2, 0) is 4.79 Å². The average molecular weight is 204 g/mol. The smallest absolute Gasteiger partial charge is 0.224 e. The lowest BCUT2D eigenvalue weighted by atomic mass is 10.2. The quantitative estimate of drug-likeness (QED) is 0.732. The maximum Gasteiger partial charge on any atom is 0.224 e. The van der Waals surface area contributed by atoms with Gasteiger partial charge in [0.25, 0.3) is 0 Å². The monoisotopic (exact) mass is 204 g/mol. The third-order valence-electron chi connectivity index (χ3n) is 3.07. The molecule has 1 heterocycles. The van der Waals surface area contributed by atoms with Gasteiger partial charge in [-0.3, -0.25) is 4.79 Å². The lowest BCUT2D eigenvalue weighted by Gasteiger charge is -2.31. The van der Waals surface area contributed by atoms with E-state index in [1.54, 1.807) is 0 Å². The summed E-state index contributed by atoms with van der Waals surface area (Å²) >= 11 is 0. The number of benzene rings is 1. The van der Waals surface area contributed by atoms with Gasteiger partial charge in [-0.05, 0) is 18.6 Å². The van der Waals surface area contributed by atoms with E-state index in [0.29, 0.717) is 6.42 Å². The molecule has 0 aromatic heterocycles. The Balaban J connectivity index is 2.15. The molecule has 1 unspecified atom stereocenters.